The van der Waals surface area contributed by atoms with Crippen molar-refractivity contribution in [2.75, 3.05) is 0 Å². The lowest BCUT2D eigenvalue weighted by molar-refractivity contribution is 0.321. The Balaban J connectivity index is 2.94. The summed E-state index contributed by atoms with van der Waals surface area (Å²) in [5.41, 5.74) is 0.887. The second kappa shape index (κ2) is 2.35. The molecule has 0 bridgehead atoms. The number of hydrogen-bond donors (Lipinski definition) is 1. The van der Waals surface area contributed by atoms with E-state index in [0.29, 0.717) is 0 Å². The fourth-order valence-electron chi connectivity index (χ4n) is 0.668. The summed E-state index contributed by atoms with van der Waals surface area (Å²) < 4.78 is 1.86. The Morgan fingerprint density at radius 1 is 1.78 bits per heavy atom. The van der Waals surface area contributed by atoms with Crippen LogP contribution in [0.25, 0.3) is 0 Å². The third kappa shape index (κ3) is 1.10. The van der Waals surface area contributed by atoms with Crippen molar-refractivity contribution in [3.05, 3.63) is 24.0 Å². The van der Waals surface area contributed by atoms with Crippen molar-refractivity contribution in [3.8, 4) is 0 Å². The lowest BCUT2D eigenvalue weighted by Gasteiger charge is -1.91. The van der Waals surface area contributed by atoms with Gasteiger partial charge >= 0.3 is 0 Å². The Hall–Kier alpha value is -1.25. The molecule has 1 aromatic rings. The minimum atomic E-state index is 0.887. The molecular formula is C6H8N2O. The van der Waals surface area contributed by atoms with E-state index in [1.165, 1.54) is 6.21 Å². The van der Waals surface area contributed by atoms with Crippen LogP contribution in [0, 0.1) is 0 Å². The molecule has 0 fully saturated rings. The van der Waals surface area contributed by atoms with Gasteiger partial charge in [-0.25, -0.2) is 0 Å². The molecule has 48 valence electrons. The van der Waals surface area contributed by atoms with Crippen LogP contribution in [0.5, 0.6) is 0 Å². The zero-order valence-electron chi connectivity index (χ0n) is 5.15. The second-order valence-electron chi connectivity index (χ2n) is 1.79. The molecule has 0 aliphatic rings. The van der Waals surface area contributed by atoms with E-state index in [4.69, 9.17) is 5.21 Å². The zero-order chi connectivity index (χ0) is 6.69. The zero-order valence-corrected chi connectivity index (χ0v) is 5.15. The van der Waals surface area contributed by atoms with Crippen LogP contribution in [0.3, 0.4) is 0 Å². The van der Waals surface area contributed by atoms with Gasteiger partial charge in [-0.1, -0.05) is 5.16 Å². The van der Waals surface area contributed by atoms with Crippen molar-refractivity contribution in [2.45, 2.75) is 0 Å². The summed E-state index contributed by atoms with van der Waals surface area (Å²) in [6.45, 7) is 0. The minimum absolute atomic E-state index is 0.887. The fraction of sp³-hybridized carbons (Fsp3) is 0.167. The molecule has 0 spiro atoms. The molecule has 1 heterocycles. The van der Waals surface area contributed by atoms with Crippen molar-refractivity contribution in [3.63, 3.8) is 0 Å². The maximum atomic E-state index is 8.12. The first-order chi connectivity index (χ1) is 4.34. The largest absolute Gasteiger partial charge is 0.411 e. The predicted molar refractivity (Wildman–Crippen MR) is 34.8 cm³/mol. The molecule has 0 atom stereocenters. The van der Waals surface area contributed by atoms with Gasteiger partial charge in [-0.05, 0) is 12.1 Å². The van der Waals surface area contributed by atoms with Crippen LogP contribution in [-0.4, -0.2) is 16.0 Å². The molecule has 9 heavy (non-hydrogen) atoms. The number of nitrogens with zero attached hydrogens (tertiary/aromatic N) is 2. The number of oxime groups is 1. The van der Waals surface area contributed by atoms with Crippen LogP contribution < -0.4 is 0 Å². The molecular weight excluding hydrogens is 116 g/mol. The lowest BCUT2D eigenvalue weighted by Crippen LogP contribution is -1.91. The monoisotopic (exact) mass is 124 g/mol. The molecule has 0 aliphatic heterocycles. The average molecular weight is 124 g/mol. The van der Waals surface area contributed by atoms with Gasteiger partial charge in [-0.15, -0.1) is 0 Å². The number of aryl methyl sites for hydroxylation is 1. The Kier molecular flexibility index (Phi) is 1.53. The molecule has 0 saturated heterocycles. The summed E-state index contributed by atoms with van der Waals surface area (Å²) >= 11 is 0. The summed E-state index contributed by atoms with van der Waals surface area (Å²) in [4.78, 5) is 0. The highest BCUT2D eigenvalue weighted by atomic mass is 16.4. The Morgan fingerprint density at radius 3 is 3.00 bits per heavy atom. The van der Waals surface area contributed by atoms with Crippen molar-refractivity contribution < 1.29 is 5.21 Å². The first-order valence-corrected chi connectivity index (χ1v) is 2.63. The molecule has 1 aromatic heterocycles. The highest BCUT2D eigenvalue weighted by Crippen LogP contribution is 1.93. The van der Waals surface area contributed by atoms with Crippen LogP contribution in [0.15, 0.2) is 23.5 Å². The first-order valence-electron chi connectivity index (χ1n) is 2.63. The highest BCUT2D eigenvalue weighted by molar-refractivity contribution is 5.76. The van der Waals surface area contributed by atoms with E-state index in [0.717, 1.165) is 5.69 Å². The second-order valence-corrected chi connectivity index (χ2v) is 1.79. The van der Waals surface area contributed by atoms with Gasteiger partial charge in [-0.2, -0.15) is 0 Å². The third-order valence-electron chi connectivity index (χ3n) is 1.17. The van der Waals surface area contributed by atoms with E-state index in [9.17, 15) is 0 Å². The Labute approximate surface area is 53.2 Å². The maximum absolute atomic E-state index is 8.12. The molecule has 1 rings (SSSR count). The molecule has 0 radical (unpaired) electrons. The van der Waals surface area contributed by atoms with Gasteiger partial charge in [-0.3, -0.25) is 0 Å². The minimum Gasteiger partial charge on any atom is -0.411 e. The molecule has 0 saturated carbocycles. The molecule has 3 heteroatoms. The van der Waals surface area contributed by atoms with Gasteiger partial charge in [0.1, 0.15) is 0 Å². The maximum Gasteiger partial charge on any atom is 0.0898 e. The number of aromatic nitrogens is 1. The predicted octanol–water partition coefficient (Wildman–Crippen LogP) is 0.833. The van der Waals surface area contributed by atoms with E-state index >= 15 is 0 Å². The van der Waals surface area contributed by atoms with E-state index in [1.54, 1.807) is 0 Å². The van der Waals surface area contributed by atoms with Gasteiger partial charge in [0, 0.05) is 13.2 Å². The summed E-state index contributed by atoms with van der Waals surface area (Å²) in [7, 11) is 1.89. The van der Waals surface area contributed by atoms with E-state index < -0.39 is 0 Å². The van der Waals surface area contributed by atoms with Gasteiger partial charge in [0.15, 0.2) is 0 Å². The van der Waals surface area contributed by atoms with Crippen LogP contribution >= 0.6 is 0 Å². The third-order valence-corrected chi connectivity index (χ3v) is 1.17. The van der Waals surface area contributed by atoms with Gasteiger partial charge in [0.05, 0.1) is 11.9 Å². The van der Waals surface area contributed by atoms with Crippen LogP contribution in [0.2, 0.25) is 0 Å². The summed E-state index contributed by atoms with van der Waals surface area (Å²) in [5, 5.41) is 11.0. The quantitative estimate of drug-likeness (QED) is 0.336. The van der Waals surface area contributed by atoms with Crippen molar-refractivity contribution >= 4 is 6.21 Å². The van der Waals surface area contributed by atoms with E-state index in [-0.39, 0.29) is 0 Å². The molecule has 0 aliphatic carbocycles. The van der Waals surface area contributed by atoms with Crippen molar-refractivity contribution in [2.24, 2.45) is 12.2 Å². The smallest absolute Gasteiger partial charge is 0.0898 e. The normalized spacial score (nSPS) is 10.8. The molecule has 3 nitrogen and oxygen atoms in total. The SMILES string of the molecule is Cn1cccc1C=NO. The van der Waals surface area contributed by atoms with Gasteiger partial charge < -0.3 is 9.77 Å². The van der Waals surface area contributed by atoms with E-state index in [1.807, 2.05) is 29.9 Å². The van der Waals surface area contributed by atoms with E-state index in [2.05, 4.69) is 5.16 Å². The van der Waals surface area contributed by atoms with Crippen molar-refractivity contribution in [1.29, 1.82) is 0 Å². The van der Waals surface area contributed by atoms with Gasteiger partial charge in [0.25, 0.3) is 0 Å². The average Bonchev–Trinajstić information content (AvgIpc) is 2.18. The van der Waals surface area contributed by atoms with Crippen molar-refractivity contribution in [1.82, 2.24) is 4.57 Å². The lowest BCUT2D eigenvalue weighted by atomic mass is 10.5. The number of rotatable bonds is 1. The summed E-state index contributed by atoms with van der Waals surface area (Å²) in [6, 6.07) is 3.75. The van der Waals surface area contributed by atoms with Crippen LogP contribution in [-0.2, 0) is 7.05 Å². The highest BCUT2D eigenvalue weighted by Gasteiger charge is 1.88. The molecule has 0 amide bonds. The number of hydrogen-bond acceptors (Lipinski definition) is 2. The van der Waals surface area contributed by atoms with Crippen LogP contribution in [0.4, 0.5) is 0 Å². The molecule has 0 unspecified atom stereocenters. The Morgan fingerprint density at radius 2 is 2.56 bits per heavy atom. The Bertz CT molecular complexity index is 215. The standard InChI is InChI=1S/C6H8N2O/c1-8-4-2-3-6(8)5-7-9/h2-5,9H,1H3. The summed E-state index contributed by atoms with van der Waals surface area (Å²) in [5.74, 6) is 0. The molecule has 0 aromatic carbocycles. The fourth-order valence-corrected chi connectivity index (χ4v) is 0.668. The first kappa shape index (κ1) is 5.88. The summed E-state index contributed by atoms with van der Waals surface area (Å²) in [6.07, 6.45) is 3.27. The van der Waals surface area contributed by atoms with Crippen LogP contribution in [0.1, 0.15) is 5.69 Å². The van der Waals surface area contributed by atoms with Gasteiger partial charge in [0.2, 0.25) is 0 Å². The topological polar surface area (TPSA) is 37.5 Å². The molecule has 1 N–H and O–H groups in total.